The van der Waals surface area contributed by atoms with Crippen LogP contribution in [0.1, 0.15) is 11.1 Å². The molecule has 0 spiro atoms. The van der Waals surface area contributed by atoms with Crippen molar-refractivity contribution in [2.24, 2.45) is 0 Å². The largest absolute Gasteiger partial charge is 0.378 e. The van der Waals surface area contributed by atoms with E-state index in [0.717, 1.165) is 29.2 Å². The number of benzene rings is 3. The van der Waals surface area contributed by atoms with Crippen LogP contribution in [0, 0.1) is 10.1 Å². The van der Waals surface area contributed by atoms with Crippen molar-refractivity contribution in [3.8, 4) is 5.75 Å². The van der Waals surface area contributed by atoms with Gasteiger partial charge in [-0.15, -0.1) is 0 Å². The number of hydrogen-bond acceptors (Lipinski definition) is 8. The van der Waals surface area contributed by atoms with Gasteiger partial charge in [0.1, 0.15) is 10.6 Å². The minimum Gasteiger partial charge on any atom is -0.378 e. The van der Waals surface area contributed by atoms with E-state index < -0.39 is 26.2 Å². The van der Waals surface area contributed by atoms with Crippen molar-refractivity contribution in [2.45, 2.75) is 11.4 Å². The molecular formula is C23H14Cl2N2O7S2. The Balaban J connectivity index is 1.58. The zero-order valence-electron chi connectivity index (χ0n) is 18.0. The fourth-order valence-corrected chi connectivity index (χ4v) is 5.43. The monoisotopic (exact) mass is 564 g/mol. The maximum absolute atomic E-state index is 12.9. The molecule has 0 atom stereocenters. The van der Waals surface area contributed by atoms with Crippen LogP contribution in [0.15, 0.2) is 76.5 Å². The normalized spacial score (nSPS) is 14.9. The zero-order chi connectivity index (χ0) is 26.0. The van der Waals surface area contributed by atoms with Gasteiger partial charge in [0.05, 0.1) is 16.4 Å². The molecule has 1 aliphatic heterocycles. The van der Waals surface area contributed by atoms with Crippen molar-refractivity contribution in [3.05, 3.63) is 103 Å². The van der Waals surface area contributed by atoms with Crippen LogP contribution in [-0.4, -0.2) is 29.4 Å². The molecule has 36 heavy (non-hydrogen) atoms. The fraction of sp³-hybridized carbons (Fsp3) is 0.0435. The topological polar surface area (TPSA) is 124 Å². The molecule has 184 valence electrons. The quantitative estimate of drug-likeness (QED) is 0.150. The molecule has 1 fully saturated rings. The van der Waals surface area contributed by atoms with Gasteiger partial charge in [-0.3, -0.25) is 24.6 Å². The first-order valence-corrected chi connectivity index (χ1v) is 13.0. The zero-order valence-corrected chi connectivity index (χ0v) is 21.1. The second kappa shape index (κ2) is 10.3. The molecule has 4 rings (SSSR count). The summed E-state index contributed by atoms with van der Waals surface area (Å²) in [6, 6.07) is 15.0. The van der Waals surface area contributed by atoms with Crippen molar-refractivity contribution in [2.75, 3.05) is 0 Å². The molecule has 3 aromatic rings. The smallest absolute Gasteiger partial charge is 0.339 e. The predicted molar refractivity (Wildman–Crippen MR) is 135 cm³/mol. The van der Waals surface area contributed by atoms with Gasteiger partial charge in [0.15, 0.2) is 0 Å². The molecule has 0 aliphatic carbocycles. The summed E-state index contributed by atoms with van der Waals surface area (Å²) in [7, 11) is -4.34. The number of amides is 2. The summed E-state index contributed by atoms with van der Waals surface area (Å²) in [6.45, 7) is -0.0648. The Hall–Kier alpha value is -3.38. The number of carbonyl (C=O) groups excluding carboxylic acids is 2. The number of carbonyl (C=O) groups is 2. The van der Waals surface area contributed by atoms with Gasteiger partial charge in [-0.05, 0) is 53.7 Å². The minimum absolute atomic E-state index is 0.0638. The Morgan fingerprint density at radius 2 is 1.72 bits per heavy atom. The van der Waals surface area contributed by atoms with E-state index in [1.165, 1.54) is 30.3 Å². The summed E-state index contributed by atoms with van der Waals surface area (Å²) in [5, 5.41) is 11.0. The standard InChI is InChI=1S/C23H14Cl2N2O7S2/c24-16-6-5-15(19(25)12-16)13-26-22(28)21(35-23(26)29)11-14-3-1-2-4-20(14)34-36(32,33)18-9-7-17(8-10-18)27(30)31/h1-12H,13H2/b21-11-. The maximum Gasteiger partial charge on any atom is 0.339 e. The van der Waals surface area contributed by atoms with E-state index in [2.05, 4.69) is 0 Å². The third-order valence-corrected chi connectivity index (χ3v) is 7.70. The van der Waals surface area contributed by atoms with E-state index in [4.69, 9.17) is 27.4 Å². The molecule has 0 aromatic heterocycles. The summed E-state index contributed by atoms with van der Waals surface area (Å²) in [4.78, 5) is 36.4. The van der Waals surface area contributed by atoms with Gasteiger partial charge in [-0.2, -0.15) is 8.42 Å². The van der Waals surface area contributed by atoms with E-state index in [1.54, 1.807) is 18.2 Å². The van der Waals surface area contributed by atoms with E-state index >= 15 is 0 Å². The third-order valence-electron chi connectivity index (χ3n) is 4.96. The second-order valence-corrected chi connectivity index (χ2v) is 10.7. The third kappa shape index (κ3) is 5.54. The number of nitro groups is 1. The molecule has 0 saturated carbocycles. The molecule has 0 radical (unpaired) electrons. The lowest BCUT2D eigenvalue weighted by atomic mass is 10.2. The van der Waals surface area contributed by atoms with Crippen LogP contribution in [0.3, 0.4) is 0 Å². The predicted octanol–water partition coefficient (Wildman–Crippen LogP) is 5.91. The van der Waals surface area contributed by atoms with Gasteiger partial charge in [0, 0.05) is 27.7 Å². The molecule has 2 amide bonds. The number of para-hydroxylation sites is 1. The van der Waals surface area contributed by atoms with Crippen LogP contribution in [0.5, 0.6) is 5.75 Å². The average Bonchev–Trinajstić information content (AvgIpc) is 3.09. The first kappa shape index (κ1) is 25.7. The van der Waals surface area contributed by atoms with Gasteiger partial charge < -0.3 is 4.18 Å². The lowest BCUT2D eigenvalue weighted by molar-refractivity contribution is -0.384. The highest BCUT2D eigenvalue weighted by Crippen LogP contribution is 2.36. The van der Waals surface area contributed by atoms with Crippen molar-refractivity contribution >= 4 is 68.0 Å². The van der Waals surface area contributed by atoms with Crippen LogP contribution < -0.4 is 4.18 Å². The van der Waals surface area contributed by atoms with E-state index in [-0.39, 0.29) is 33.3 Å². The van der Waals surface area contributed by atoms with Crippen LogP contribution >= 0.6 is 35.0 Å². The van der Waals surface area contributed by atoms with Crippen molar-refractivity contribution in [1.82, 2.24) is 4.90 Å². The van der Waals surface area contributed by atoms with Crippen LogP contribution in [0.25, 0.3) is 6.08 Å². The summed E-state index contributed by atoms with van der Waals surface area (Å²) >= 11 is 12.8. The first-order chi connectivity index (χ1) is 17.0. The van der Waals surface area contributed by atoms with Crippen molar-refractivity contribution in [3.63, 3.8) is 0 Å². The molecule has 1 aliphatic rings. The van der Waals surface area contributed by atoms with Crippen LogP contribution in [-0.2, 0) is 21.5 Å². The summed E-state index contributed by atoms with van der Waals surface area (Å²) in [5.74, 6) is -0.674. The lowest BCUT2D eigenvalue weighted by Crippen LogP contribution is -2.27. The molecule has 9 nitrogen and oxygen atoms in total. The SMILES string of the molecule is O=C1S/C(=C\c2ccccc2OS(=O)(=O)c2ccc([N+](=O)[O-])cc2)C(=O)N1Cc1ccc(Cl)cc1Cl. The molecule has 3 aromatic carbocycles. The molecular weight excluding hydrogens is 551 g/mol. The Morgan fingerprint density at radius 1 is 1.03 bits per heavy atom. The molecule has 0 N–H and O–H groups in total. The number of nitrogens with zero attached hydrogens (tertiary/aromatic N) is 2. The van der Waals surface area contributed by atoms with Crippen molar-refractivity contribution < 1.29 is 27.1 Å². The first-order valence-electron chi connectivity index (χ1n) is 10.0. The van der Waals surface area contributed by atoms with Gasteiger partial charge in [-0.25, -0.2) is 0 Å². The number of thioether (sulfide) groups is 1. The number of nitro benzene ring substituents is 1. The molecule has 0 bridgehead atoms. The summed E-state index contributed by atoms with van der Waals surface area (Å²) in [6.07, 6.45) is 1.36. The van der Waals surface area contributed by atoms with Crippen molar-refractivity contribution in [1.29, 1.82) is 0 Å². The van der Waals surface area contributed by atoms with Gasteiger partial charge in [0.25, 0.3) is 16.8 Å². The number of halogens is 2. The summed E-state index contributed by atoms with van der Waals surface area (Å²) < 4.78 is 30.7. The molecule has 1 saturated heterocycles. The molecule has 13 heteroatoms. The Bertz CT molecular complexity index is 1520. The lowest BCUT2D eigenvalue weighted by Gasteiger charge is -2.13. The minimum atomic E-state index is -4.34. The molecule has 0 unspecified atom stereocenters. The van der Waals surface area contributed by atoms with E-state index in [0.29, 0.717) is 27.4 Å². The Morgan fingerprint density at radius 3 is 2.39 bits per heavy atom. The number of hydrogen-bond donors (Lipinski definition) is 0. The second-order valence-electron chi connectivity index (χ2n) is 7.33. The van der Waals surface area contributed by atoms with Crippen LogP contribution in [0.2, 0.25) is 10.0 Å². The number of non-ortho nitro benzene ring substituents is 1. The van der Waals surface area contributed by atoms with Gasteiger partial charge in [-0.1, -0.05) is 47.5 Å². The average molecular weight is 565 g/mol. The summed E-state index contributed by atoms with van der Waals surface area (Å²) in [5.41, 5.74) is 0.491. The highest BCUT2D eigenvalue weighted by Gasteiger charge is 2.35. The van der Waals surface area contributed by atoms with E-state index in [1.807, 2.05) is 0 Å². The van der Waals surface area contributed by atoms with Crippen LogP contribution in [0.4, 0.5) is 10.5 Å². The number of rotatable bonds is 7. The van der Waals surface area contributed by atoms with E-state index in [9.17, 15) is 28.1 Å². The number of imide groups is 1. The maximum atomic E-state index is 12.9. The fourth-order valence-electron chi connectivity index (χ4n) is 3.17. The van der Waals surface area contributed by atoms with Gasteiger partial charge >= 0.3 is 10.1 Å². The van der Waals surface area contributed by atoms with Gasteiger partial charge in [0.2, 0.25) is 0 Å². The Kier molecular flexibility index (Phi) is 7.36. The highest BCUT2D eigenvalue weighted by atomic mass is 35.5. The Labute approximate surface area is 219 Å². The highest BCUT2D eigenvalue weighted by molar-refractivity contribution is 8.18. The molecule has 1 heterocycles.